The zero-order valence-corrected chi connectivity index (χ0v) is 33.6. The zero-order chi connectivity index (χ0) is 36.7. The van der Waals surface area contributed by atoms with E-state index in [9.17, 15) is 4.79 Å². The smallest absolute Gasteiger partial charge is 0.306 e. The Morgan fingerprint density at radius 2 is 1.44 bits per heavy atom. The lowest BCUT2D eigenvalue weighted by atomic mass is 9.47. The van der Waals surface area contributed by atoms with Crippen molar-refractivity contribution in [3.63, 3.8) is 0 Å². The first-order valence-electron chi connectivity index (χ1n) is 21.5. The lowest BCUT2D eigenvalue weighted by Crippen LogP contribution is -2.51. The summed E-state index contributed by atoms with van der Waals surface area (Å²) in [5.74, 6) is 6.77. The summed E-state index contributed by atoms with van der Waals surface area (Å²) in [6, 6.07) is 16.5. The molecular formula is C48H70O4. The monoisotopic (exact) mass is 711 g/mol. The fourth-order valence-electron chi connectivity index (χ4n) is 11.4. The van der Waals surface area contributed by atoms with E-state index in [-0.39, 0.29) is 17.5 Å². The van der Waals surface area contributed by atoms with Crippen molar-refractivity contribution in [1.29, 1.82) is 0 Å². The van der Waals surface area contributed by atoms with Crippen LogP contribution in [0.1, 0.15) is 144 Å². The van der Waals surface area contributed by atoms with Crippen LogP contribution < -0.4 is 9.47 Å². The summed E-state index contributed by atoms with van der Waals surface area (Å²) in [5, 5.41) is 0. The molecule has 52 heavy (non-hydrogen) atoms. The number of allylic oxidation sites excluding steroid dienone is 1. The fourth-order valence-corrected chi connectivity index (χ4v) is 11.4. The quantitative estimate of drug-likeness (QED) is 0.0931. The summed E-state index contributed by atoms with van der Waals surface area (Å²) < 4.78 is 18.0. The Labute approximate surface area is 316 Å². The molecule has 0 spiro atoms. The normalized spacial score (nSPS) is 30.1. The number of rotatable bonds is 17. The first kappa shape index (κ1) is 39.0. The highest BCUT2D eigenvalue weighted by atomic mass is 16.5. The van der Waals surface area contributed by atoms with Gasteiger partial charge in [-0.1, -0.05) is 110 Å². The van der Waals surface area contributed by atoms with Crippen molar-refractivity contribution < 1.29 is 19.0 Å². The van der Waals surface area contributed by atoms with Crippen LogP contribution in [-0.4, -0.2) is 25.3 Å². The molecule has 0 amide bonds. The van der Waals surface area contributed by atoms with Crippen molar-refractivity contribution in [3.8, 4) is 22.6 Å². The van der Waals surface area contributed by atoms with Gasteiger partial charge >= 0.3 is 5.97 Å². The Morgan fingerprint density at radius 3 is 2.10 bits per heavy atom. The number of esters is 1. The number of hydrogen-bond acceptors (Lipinski definition) is 4. The Balaban J connectivity index is 0.926. The van der Waals surface area contributed by atoms with E-state index < -0.39 is 0 Å². The van der Waals surface area contributed by atoms with Gasteiger partial charge in [0.15, 0.2) is 0 Å². The molecule has 4 heteroatoms. The SMILES string of the molecule is CCCCCOc1ccc(-c2ccc(OCCCC(=O)O[C@H]3CC[C@@]4(C)C(=CC[C@H]5[C@@H]6CC[C@H]([C@H](C)CCCC(C)C)[C@@]6(C)CC[C@@H]54)C3)cc2)cc1. The molecule has 0 radical (unpaired) electrons. The van der Waals surface area contributed by atoms with Crippen molar-refractivity contribution >= 4 is 5.97 Å². The maximum Gasteiger partial charge on any atom is 0.306 e. The number of ether oxygens (including phenoxy) is 3. The summed E-state index contributed by atoms with van der Waals surface area (Å²) in [4.78, 5) is 12.9. The first-order valence-corrected chi connectivity index (χ1v) is 21.5. The number of hydrogen-bond donors (Lipinski definition) is 0. The van der Waals surface area contributed by atoms with Crippen molar-refractivity contribution in [3.05, 3.63) is 60.2 Å². The third-order valence-corrected chi connectivity index (χ3v) is 14.4. The van der Waals surface area contributed by atoms with Gasteiger partial charge in [0, 0.05) is 12.8 Å². The molecule has 4 nitrogen and oxygen atoms in total. The van der Waals surface area contributed by atoms with Gasteiger partial charge < -0.3 is 14.2 Å². The van der Waals surface area contributed by atoms with Gasteiger partial charge in [-0.3, -0.25) is 4.79 Å². The van der Waals surface area contributed by atoms with E-state index in [1.54, 1.807) is 5.57 Å². The largest absolute Gasteiger partial charge is 0.494 e. The molecule has 3 fully saturated rings. The average Bonchev–Trinajstić information content (AvgIpc) is 3.50. The van der Waals surface area contributed by atoms with Crippen LogP contribution in [0, 0.1) is 46.3 Å². The minimum Gasteiger partial charge on any atom is -0.494 e. The number of carbonyl (C=O) groups excluding carboxylic acids is 1. The molecule has 8 atom stereocenters. The van der Waals surface area contributed by atoms with E-state index in [1.807, 2.05) is 24.3 Å². The molecule has 4 aliphatic carbocycles. The predicted octanol–water partition coefficient (Wildman–Crippen LogP) is 13.0. The van der Waals surface area contributed by atoms with Gasteiger partial charge in [0.1, 0.15) is 17.6 Å². The predicted molar refractivity (Wildman–Crippen MR) is 215 cm³/mol. The summed E-state index contributed by atoms with van der Waals surface area (Å²) in [5.41, 5.74) is 4.70. The molecule has 0 saturated heterocycles. The molecule has 0 aliphatic heterocycles. The topological polar surface area (TPSA) is 44.8 Å². The second-order valence-electron chi connectivity index (χ2n) is 18.2. The number of fused-ring (bicyclic) bond motifs is 5. The minimum absolute atomic E-state index is 0.0231. The van der Waals surface area contributed by atoms with E-state index in [4.69, 9.17) is 14.2 Å². The molecule has 0 unspecified atom stereocenters. The lowest BCUT2D eigenvalue weighted by molar-refractivity contribution is -0.151. The van der Waals surface area contributed by atoms with Crippen LogP contribution in [0.15, 0.2) is 60.2 Å². The van der Waals surface area contributed by atoms with Crippen LogP contribution in [0.25, 0.3) is 11.1 Å². The van der Waals surface area contributed by atoms with Crippen molar-refractivity contribution in [2.24, 2.45) is 46.3 Å². The maximum absolute atomic E-state index is 12.9. The van der Waals surface area contributed by atoms with Crippen LogP contribution in [0.3, 0.4) is 0 Å². The maximum atomic E-state index is 12.9. The van der Waals surface area contributed by atoms with E-state index in [0.717, 1.165) is 90.4 Å². The Hall–Kier alpha value is -2.75. The number of benzene rings is 2. The van der Waals surface area contributed by atoms with Gasteiger partial charge in [0.05, 0.1) is 13.2 Å². The molecule has 0 aromatic heterocycles. The molecule has 0 bridgehead atoms. The molecule has 0 heterocycles. The molecule has 286 valence electrons. The van der Waals surface area contributed by atoms with Crippen molar-refractivity contribution in [1.82, 2.24) is 0 Å². The second kappa shape index (κ2) is 17.6. The molecule has 6 rings (SSSR count). The van der Waals surface area contributed by atoms with Gasteiger partial charge in [-0.2, -0.15) is 0 Å². The standard InChI is InChI=1S/C48H70O4/c1-7-8-9-31-50-39-20-15-36(16-21-39)37-17-22-40(23-18-37)51-32-11-14-46(49)52-41-27-29-47(5)38(33-41)19-24-42-44-26-25-43(35(4)13-10-12-34(2)3)48(44,6)30-28-45(42)47/h15-23,34-35,41-45H,7-14,24-33H2,1-6H3/t35-,41+,42+,43-,44+,45+,47+,48-/m1/s1. The highest BCUT2D eigenvalue weighted by molar-refractivity contribution is 5.69. The van der Waals surface area contributed by atoms with Gasteiger partial charge in [0.25, 0.3) is 0 Å². The zero-order valence-electron chi connectivity index (χ0n) is 33.6. The lowest BCUT2D eigenvalue weighted by Gasteiger charge is -2.58. The summed E-state index contributed by atoms with van der Waals surface area (Å²) in [6.07, 6.45) is 21.4. The number of carbonyl (C=O) groups is 1. The summed E-state index contributed by atoms with van der Waals surface area (Å²) in [7, 11) is 0. The average molecular weight is 711 g/mol. The van der Waals surface area contributed by atoms with Crippen LogP contribution >= 0.6 is 0 Å². The molecule has 0 N–H and O–H groups in total. The van der Waals surface area contributed by atoms with E-state index in [1.165, 1.54) is 64.2 Å². The van der Waals surface area contributed by atoms with Crippen LogP contribution in [0.2, 0.25) is 0 Å². The van der Waals surface area contributed by atoms with Crippen LogP contribution in [0.4, 0.5) is 0 Å². The highest BCUT2D eigenvalue weighted by Crippen LogP contribution is 2.67. The van der Waals surface area contributed by atoms with E-state index in [0.29, 0.717) is 24.9 Å². The van der Waals surface area contributed by atoms with Gasteiger partial charge in [0.2, 0.25) is 0 Å². The minimum atomic E-state index is -0.0763. The first-order chi connectivity index (χ1) is 25.1. The molecule has 3 saturated carbocycles. The second-order valence-corrected chi connectivity index (χ2v) is 18.2. The van der Waals surface area contributed by atoms with Crippen molar-refractivity contribution in [2.75, 3.05) is 13.2 Å². The van der Waals surface area contributed by atoms with Crippen LogP contribution in [-0.2, 0) is 9.53 Å². The third kappa shape index (κ3) is 8.95. The van der Waals surface area contributed by atoms with Crippen LogP contribution in [0.5, 0.6) is 11.5 Å². The molecular weight excluding hydrogens is 641 g/mol. The Morgan fingerprint density at radius 1 is 0.769 bits per heavy atom. The van der Waals surface area contributed by atoms with Crippen molar-refractivity contribution in [2.45, 2.75) is 150 Å². The van der Waals surface area contributed by atoms with Gasteiger partial charge in [-0.15, -0.1) is 0 Å². The van der Waals surface area contributed by atoms with E-state index in [2.05, 4.69) is 71.9 Å². The highest BCUT2D eigenvalue weighted by Gasteiger charge is 2.59. The third-order valence-electron chi connectivity index (χ3n) is 14.4. The summed E-state index contributed by atoms with van der Waals surface area (Å²) in [6.45, 7) is 16.1. The molecule has 4 aliphatic rings. The summed E-state index contributed by atoms with van der Waals surface area (Å²) >= 11 is 0. The van der Waals surface area contributed by atoms with Gasteiger partial charge in [-0.25, -0.2) is 0 Å². The Kier molecular flexibility index (Phi) is 13.2. The number of unbranched alkanes of at least 4 members (excludes halogenated alkanes) is 2. The molecule has 2 aromatic rings. The Bertz CT molecular complexity index is 1460. The molecule has 2 aromatic carbocycles. The van der Waals surface area contributed by atoms with E-state index >= 15 is 0 Å². The fraction of sp³-hybridized carbons (Fsp3) is 0.688. The van der Waals surface area contributed by atoms with Gasteiger partial charge in [-0.05, 0) is 140 Å².